The van der Waals surface area contributed by atoms with E-state index < -0.39 is 0 Å². The third-order valence-corrected chi connectivity index (χ3v) is 3.73. The van der Waals surface area contributed by atoms with Gasteiger partial charge >= 0.3 is 0 Å². The molecule has 0 nitrogen and oxygen atoms in total. The Morgan fingerprint density at radius 3 is 1.77 bits per heavy atom. The van der Waals surface area contributed by atoms with E-state index in [-0.39, 0.29) is 0 Å². The van der Waals surface area contributed by atoms with Gasteiger partial charge < -0.3 is 0 Å². The first-order valence-electron chi connectivity index (χ1n) is 7.63. The Kier molecular flexibility index (Phi) is 4.20. The highest BCUT2D eigenvalue weighted by atomic mass is 14.1. The Morgan fingerprint density at radius 2 is 1.18 bits per heavy atom. The van der Waals surface area contributed by atoms with E-state index in [1.54, 1.807) is 0 Å². The normalized spacial score (nSPS) is 11.5. The molecule has 0 spiro atoms. The Labute approximate surface area is 132 Å². The second-order valence-corrected chi connectivity index (χ2v) is 5.71. The Hall–Kier alpha value is -2.60. The van der Waals surface area contributed by atoms with Crippen molar-refractivity contribution >= 4 is 11.6 Å². The van der Waals surface area contributed by atoms with Crippen LogP contribution in [0.15, 0.2) is 78.9 Å². The molecule has 0 N–H and O–H groups in total. The smallest absolute Gasteiger partial charge is 0.0105 e. The summed E-state index contributed by atoms with van der Waals surface area (Å²) in [5.41, 5.74) is 7.60. The summed E-state index contributed by atoms with van der Waals surface area (Å²) in [5, 5.41) is 0. The van der Waals surface area contributed by atoms with Crippen LogP contribution in [0.1, 0.15) is 27.8 Å². The fraction of sp³-hybridized carbons (Fsp3) is 0.0909. The van der Waals surface area contributed by atoms with Gasteiger partial charge in [0.05, 0.1) is 0 Å². The number of hydrogen-bond donors (Lipinski definition) is 0. The highest BCUT2D eigenvalue weighted by Gasteiger charge is 2.06. The summed E-state index contributed by atoms with van der Waals surface area (Å²) < 4.78 is 0. The van der Waals surface area contributed by atoms with Crippen molar-refractivity contribution in [2.24, 2.45) is 0 Å². The van der Waals surface area contributed by atoms with Crippen LogP contribution in [0.2, 0.25) is 0 Å². The Bertz CT molecular complexity index is 761. The van der Waals surface area contributed by atoms with Gasteiger partial charge in [0.2, 0.25) is 0 Å². The maximum absolute atomic E-state index is 2.27. The van der Waals surface area contributed by atoms with Gasteiger partial charge in [-0.2, -0.15) is 0 Å². The zero-order valence-electron chi connectivity index (χ0n) is 13.1. The molecular formula is C22H20. The minimum Gasteiger partial charge on any atom is -0.0622 e. The molecule has 0 aliphatic heterocycles. The molecule has 0 atom stereocenters. The zero-order chi connectivity index (χ0) is 15.4. The molecule has 3 aromatic carbocycles. The van der Waals surface area contributed by atoms with Crippen molar-refractivity contribution < 1.29 is 0 Å². The third-order valence-electron chi connectivity index (χ3n) is 3.73. The average Bonchev–Trinajstić information content (AvgIpc) is 2.53. The third kappa shape index (κ3) is 3.35. The van der Waals surface area contributed by atoms with Gasteiger partial charge in [0.1, 0.15) is 0 Å². The van der Waals surface area contributed by atoms with E-state index in [1.165, 1.54) is 33.4 Å². The van der Waals surface area contributed by atoms with Crippen molar-refractivity contribution in [1.29, 1.82) is 0 Å². The average molecular weight is 284 g/mol. The molecule has 0 saturated heterocycles. The van der Waals surface area contributed by atoms with Gasteiger partial charge in [0, 0.05) is 0 Å². The van der Waals surface area contributed by atoms with Gasteiger partial charge in [-0.05, 0) is 42.2 Å². The number of rotatable bonds is 3. The number of aryl methyl sites for hydroxylation is 2. The van der Waals surface area contributed by atoms with Crippen LogP contribution >= 0.6 is 0 Å². The van der Waals surface area contributed by atoms with Crippen LogP contribution in [-0.4, -0.2) is 0 Å². The zero-order valence-corrected chi connectivity index (χ0v) is 13.1. The minimum absolute atomic E-state index is 1.22. The molecule has 0 heterocycles. The monoisotopic (exact) mass is 284 g/mol. The van der Waals surface area contributed by atoms with E-state index in [9.17, 15) is 0 Å². The molecule has 0 heteroatoms. The summed E-state index contributed by atoms with van der Waals surface area (Å²) in [6.45, 7) is 4.31. The first-order chi connectivity index (χ1) is 10.7. The van der Waals surface area contributed by atoms with Crippen LogP contribution in [0.4, 0.5) is 0 Å². The van der Waals surface area contributed by atoms with E-state index in [4.69, 9.17) is 0 Å². The molecule has 0 aliphatic carbocycles. The summed E-state index contributed by atoms with van der Waals surface area (Å²) in [4.78, 5) is 0. The predicted molar refractivity (Wildman–Crippen MR) is 95.8 cm³/mol. The van der Waals surface area contributed by atoms with Crippen LogP contribution in [0.25, 0.3) is 11.6 Å². The maximum atomic E-state index is 2.27. The molecule has 22 heavy (non-hydrogen) atoms. The summed E-state index contributed by atoms with van der Waals surface area (Å²) in [7, 11) is 0. The van der Waals surface area contributed by atoms with E-state index in [0.717, 1.165) is 0 Å². The fourth-order valence-electron chi connectivity index (χ4n) is 2.80. The maximum Gasteiger partial charge on any atom is -0.0105 e. The van der Waals surface area contributed by atoms with Crippen LogP contribution in [0.3, 0.4) is 0 Å². The molecule has 0 aromatic heterocycles. The van der Waals surface area contributed by atoms with Crippen molar-refractivity contribution in [3.8, 4) is 0 Å². The van der Waals surface area contributed by atoms with Gasteiger partial charge in [-0.15, -0.1) is 0 Å². The van der Waals surface area contributed by atoms with Gasteiger partial charge in [-0.1, -0.05) is 90.0 Å². The molecule has 3 rings (SSSR count). The second kappa shape index (κ2) is 6.44. The summed E-state index contributed by atoms with van der Waals surface area (Å²) in [6.07, 6.45) is 2.27. The van der Waals surface area contributed by atoms with Crippen LogP contribution < -0.4 is 0 Å². The molecule has 3 aromatic rings. The Morgan fingerprint density at radius 1 is 0.636 bits per heavy atom. The van der Waals surface area contributed by atoms with Crippen molar-refractivity contribution in [2.45, 2.75) is 13.8 Å². The molecule has 0 saturated carbocycles. The molecule has 0 amide bonds. The SMILES string of the molecule is Cc1cc(C)cc(C(=Cc2ccccc2)c2ccccc2)c1. The lowest BCUT2D eigenvalue weighted by Crippen LogP contribution is -1.91. The van der Waals surface area contributed by atoms with Crippen molar-refractivity contribution in [3.05, 3.63) is 107 Å². The van der Waals surface area contributed by atoms with Crippen molar-refractivity contribution in [1.82, 2.24) is 0 Å². The second-order valence-electron chi connectivity index (χ2n) is 5.71. The highest BCUT2D eigenvalue weighted by Crippen LogP contribution is 2.27. The number of benzene rings is 3. The first-order valence-corrected chi connectivity index (χ1v) is 7.63. The summed E-state index contributed by atoms with van der Waals surface area (Å²) in [6, 6.07) is 27.8. The Balaban J connectivity index is 2.17. The molecular weight excluding hydrogens is 264 g/mol. The van der Waals surface area contributed by atoms with Crippen LogP contribution in [-0.2, 0) is 0 Å². The lowest BCUT2D eigenvalue weighted by Gasteiger charge is -2.11. The summed E-state index contributed by atoms with van der Waals surface area (Å²) in [5.74, 6) is 0. The fourth-order valence-corrected chi connectivity index (χ4v) is 2.80. The van der Waals surface area contributed by atoms with Crippen molar-refractivity contribution in [2.75, 3.05) is 0 Å². The first kappa shape index (κ1) is 14.3. The summed E-state index contributed by atoms with van der Waals surface area (Å²) >= 11 is 0. The topological polar surface area (TPSA) is 0 Å². The van der Waals surface area contributed by atoms with E-state index in [2.05, 4.69) is 98.8 Å². The van der Waals surface area contributed by atoms with Crippen LogP contribution in [0.5, 0.6) is 0 Å². The molecule has 0 unspecified atom stereocenters. The van der Waals surface area contributed by atoms with Gasteiger partial charge in [0.15, 0.2) is 0 Å². The quantitative estimate of drug-likeness (QED) is 0.526. The van der Waals surface area contributed by atoms with E-state index >= 15 is 0 Å². The molecule has 0 fully saturated rings. The van der Waals surface area contributed by atoms with Gasteiger partial charge in [-0.25, -0.2) is 0 Å². The van der Waals surface area contributed by atoms with Crippen molar-refractivity contribution in [3.63, 3.8) is 0 Å². The lowest BCUT2D eigenvalue weighted by molar-refractivity contribution is 1.36. The minimum atomic E-state index is 1.22. The molecule has 0 radical (unpaired) electrons. The van der Waals surface area contributed by atoms with Crippen LogP contribution in [0, 0.1) is 13.8 Å². The predicted octanol–water partition coefficient (Wildman–Crippen LogP) is 5.89. The standard InChI is InChI=1S/C22H20/c1-17-13-18(2)15-21(14-17)22(20-11-7-4-8-12-20)16-19-9-5-3-6-10-19/h3-16H,1-2H3. The lowest BCUT2D eigenvalue weighted by atomic mass is 9.93. The van der Waals surface area contributed by atoms with Gasteiger partial charge in [0.25, 0.3) is 0 Å². The van der Waals surface area contributed by atoms with E-state index in [1.807, 2.05) is 0 Å². The largest absolute Gasteiger partial charge is 0.0622 e. The number of hydrogen-bond acceptors (Lipinski definition) is 0. The van der Waals surface area contributed by atoms with E-state index in [0.29, 0.717) is 0 Å². The highest BCUT2D eigenvalue weighted by molar-refractivity contribution is 5.91. The van der Waals surface area contributed by atoms with Gasteiger partial charge in [-0.3, -0.25) is 0 Å². The molecule has 108 valence electrons. The molecule has 0 bridgehead atoms. The molecule has 0 aliphatic rings.